The van der Waals surface area contributed by atoms with E-state index in [-0.39, 0.29) is 5.57 Å². The maximum absolute atomic E-state index is 12.6. The van der Waals surface area contributed by atoms with Gasteiger partial charge in [0.15, 0.2) is 11.5 Å². The Hall–Kier alpha value is -3.50. The third-order valence-electron chi connectivity index (χ3n) is 5.33. The van der Waals surface area contributed by atoms with Crippen molar-refractivity contribution in [1.29, 1.82) is 5.26 Å². The fraction of sp³-hybridized carbons (Fsp3) is 0.360. The Kier molecular flexibility index (Phi) is 8.52. The zero-order chi connectivity index (χ0) is 22.8. The summed E-state index contributed by atoms with van der Waals surface area (Å²) in [6, 6.07) is 14.3. The van der Waals surface area contributed by atoms with Crippen LogP contribution in [0.1, 0.15) is 24.8 Å². The number of rotatable bonds is 9. The van der Waals surface area contributed by atoms with Crippen LogP contribution in [0, 0.1) is 11.3 Å². The van der Waals surface area contributed by atoms with Crippen molar-refractivity contribution in [1.82, 2.24) is 4.90 Å². The number of anilines is 1. The van der Waals surface area contributed by atoms with E-state index in [0.29, 0.717) is 35.1 Å². The molecule has 1 N–H and O–H groups in total. The maximum Gasteiger partial charge on any atom is 0.266 e. The molecule has 0 bridgehead atoms. The van der Waals surface area contributed by atoms with Crippen LogP contribution in [0.4, 0.5) is 5.69 Å². The molecule has 0 aliphatic carbocycles. The van der Waals surface area contributed by atoms with Gasteiger partial charge in [0.05, 0.1) is 19.9 Å². The highest BCUT2D eigenvalue weighted by Crippen LogP contribution is 2.29. The second kappa shape index (κ2) is 11.8. The summed E-state index contributed by atoms with van der Waals surface area (Å²) in [6.07, 6.45) is 5.32. The minimum atomic E-state index is -0.516. The number of piperidine rings is 1. The van der Waals surface area contributed by atoms with Gasteiger partial charge >= 0.3 is 0 Å². The molecule has 0 radical (unpaired) electrons. The summed E-state index contributed by atoms with van der Waals surface area (Å²) in [5, 5.41) is 12.2. The number of nitrogens with zero attached hydrogens (tertiary/aromatic N) is 2. The third kappa shape index (κ3) is 6.25. The lowest BCUT2D eigenvalue weighted by Gasteiger charge is -2.26. The van der Waals surface area contributed by atoms with Crippen LogP contribution >= 0.6 is 0 Å². The van der Waals surface area contributed by atoms with E-state index in [9.17, 15) is 10.1 Å². The molecule has 0 saturated carbocycles. The second-order valence-electron chi connectivity index (χ2n) is 7.49. The first-order valence-corrected chi connectivity index (χ1v) is 10.7. The minimum absolute atomic E-state index is 0.0308. The molecular formula is C25H29N3O4. The number of carbonyl (C=O) groups is 1. The lowest BCUT2D eigenvalue weighted by atomic mass is 10.1. The van der Waals surface area contributed by atoms with E-state index < -0.39 is 5.91 Å². The van der Waals surface area contributed by atoms with E-state index >= 15 is 0 Å². The Balaban J connectivity index is 1.67. The molecule has 7 nitrogen and oxygen atoms in total. The molecule has 32 heavy (non-hydrogen) atoms. The standard InChI is InChI=1S/C25H29N3O4/c1-30-22-9-5-4-8-21(22)27-25(29)20(18-26)16-19-10-11-23(24(17-19)31-2)32-15-14-28-12-6-3-7-13-28/h4-5,8-11,16-17H,3,6-7,12-15H2,1-2H3,(H,27,29). The van der Waals surface area contributed by atoms with Crippen LogP contribution in [0.25, 0.3) is 6.08 Å². The van der Waals surface area contributed by atoms with Gasteiger partial charge in [-0.2, -0.15) is 5.26 Å². The van der Waals surface area contributed by atoms with Crippen LogP contribution in [-0.2, 0) is 4.79 Å². The lowest BCUT2D eigenvalue weighted by Crippen LogP contribution is -2.33. The fourth-order valence-electron chi connectivity index (χ4n) is 3.61. The summed E-state index contributed by atoms with van der Waals surface area (Å²) in [6.45, 7) is 3.71. The van der Waals surface area contributed by atoms with Gasteiger partial charge in [-0.15, -0.1) is 0 Å². The van der Waals surface area contributed by atoms with Gasteiger partial charge in [-0.1, -0.05) is 24.6 Å². The van der Waals surface area contributed by atoms with Crippen molar-refractivity contribution >= 4 is 17.7 Å². The summed E-state index contributed by atoms with van der Waals surface area (Å²) in [4.78, 5) is 15.0. The van der Waals surface area contributed by atoms with Crippen LogP contribution in [0.3, 0.4) is 0 Å². The first kappa shape index (κ1) is 23.2. The Bertz CT molecular complexity index is 991. The van der Waals surface area contributed by atoms with Crippen molar-refractivity contribution < 1.29 is 19.0 Å². The van der Waals surface area contributed by atoms with Crippen LogP contribution in [0.5, 0.6) is 17.2 Å². The summed E-state index contributed by atoms with van der Waals surface area (Å²) >= 11 is 0. The zero-order valence-corrected chi connectivity index (χ0v) is 18.6. The van der Waals surface area contributed by atoms with Gasteiger partial charge in [0.1, 0.15) is 24.0 Å². The van der Waals surface area contributed by atoms with Gasteiger partial charge in [0.25, 0.3) is 5.91 Å². The zero-order valence-electron chi connectivity index (χ0n) is 18.6. The van der Waals surface area contributed by atoms with Crippen molar-refractivity contribution in [2.24, 2.45) is 0 Å². The molecule has 1 saturated heterocycles. The van der Waals surface area contributed by atoms with Gasteiger partial charge in [-0.05, 0) is 61.8 Å². The number of hydrogen-bond donors (Lipinski definition) is 1. The van der Waals surface area contributed by atoms with Gasteiger partial charge in [0.2, 0.25) is 0 Å². The Morgan fingerprint density at radius 3 is 2.53 bits per heavy atom. The molecule has 168 valence electrons. The highest BCUT2D eigenvalue weighted by molar-refractivity contribution is 6.10. The molecule has 1 fully saturated rings. The molecule has 0 atom stereocenters. The summed E-state index contributed by atoms with van der Waals surface area (Å²) < 4.78 is 16.6. The Morgan fingerprint density at radius 1 is 1.06 bits per heavy atom. The molecule has 2 aromatic carbocycles. The number of nitrogens with one attached hydrogen (secondary N) is 1. The van der Waals surface area contributed by atoms with E-state index in [1.54, 1.807) is 49.6 Å². The fourth-order valence-corrected chi connectivity index (χ4v) is 3.61. The largest absolute Gasteiger partial charge is 0.495 e. The molecule has 2 aromatic rings. The van der Waals surface area contributed by atoms with E-state index in [4.69, 9.17) is 14.2 Å². The van der Waals surface area contributed by atoms with Gasteiger partial charge in [-0.3, -0.25) is 9.69 Å². The van der Waals surface area contributed by atoms with Crippen molar-refractivity contribution in [2.75, 3.05) is 45.8 Å². The quantitative estimate of drug-likeness (QED) is 0.471. The van der Waals surface area contributed by atoms with Crippen molar-refractivity contribution in [3.63, 3.8) is 0 Å². The molecule has 0 spiro atoms. The summed E-state index contributed by atoms with van der Waals surface area (Å²) in [5.41, 5.74) is 1.13. The van der Waals surface area contributed by atoms with Gasteiger partial charge in [-0.25, -0.2) is 0 Å². The van der Waals surface area contributed by atoms with E-state index in [0.717, 1.165) is 19.6 Å². The first-order valence-electron chi connectivity index (χ1n) is 10.7. The molecule has 1 aliphatic heterocycles. The maximum atomic E-state index is 12.6. The SMILES string of the molecule is COc1ccccc1NC(=O)C(C#N)=Cc1ccc(OCCN2CCCCC2)c(OC)c1. The molecule has 1 amide bonds. The number of likely N-dealkylation sites (tertiary alicyclic amines) is 1. The highest BCUT2D eigenvalue weighted by atomic mass is 16.5. The van der Waals surface area contributed by atoms with Crippen molar-refractivity contribution in [3.05, 3.63) is 53.6 Å². The van der Waals surface area contributed by atoms with Crippen LogP contribution in [0.15, 0.2) is 48.0 Å². The topological polar surface area (TPSA) is 83.8 Å². The number of nitriles is 1. The monoisotopic (exact) mass is 435 g/mol. The molecular weight excluding hydrogens is 406 g/mol. The molecule has 0 aromatic heterocycles. The highest BCUT2D eigenvalue weighted by Gasteiger charge is 2.14. The molecule has 0 unspecified atom stereocenters. The van der Waals surface area contributed by atoms with E-state index in [2.05, 4.69) is 10.2 Å². The first-order chi connectivity index (χ1) is 15.6. The average molecular weight is 436 g/mol. The van der Waals surface area contributed by atoms with Crippen LogP contribution in [-0.4, -0.2) is 51.3 Å². The summed E-state index contributed by atoms with van der Waals surface area (Å²) in [7, 11) is 3.09. The molecule has 1 heterocycles. The van der Waals surface area contributed by atoms with Crippen LogP contribution in [0.2, 0.25) is 0 Å². The van der Waals surface area contributed by atoms with Crippen molar-refractivity contribution in [3.8, 4) is 23.3 Å². The van der Waals surface area contributed by atoms with Crippen molar-refractivity contribution in [2.45, 2.75) is 19.3 Å². The predicted molar refractivity (Wildman–Crippen MR) is 124 cm³/mol. The number of hydrogen-bond acceptors (Lipinski definition) is 6. The Morgan fingerprint density at radius 2 is 1.81 bits per heavy atom. The van der Waals surface area contributed by atoms with Crippen LogP contribution < -0.4 is 19.5 Å². The third-order valence-corrected chi connectivity index (χ3v) is 5.33. The number of benzene rings is 2. The predicted octanol–water partition coefficient (Wildman–Crippen LogP) is 4.11. The van der Waals surface area contributed by atoms with E-state index in [1.165, 1.54) is 32.4 Å². The number of methoxy groups -OCH3 is 2. The second-order valence-corrected chi connectivity index (χ2v) is 7.49. The smallest absolute Gasteiger partial charge is 0.266 e. The minimum Gasteiger partial charge on any atom is -0.495 e. The number of carbonyl (C=O) groups excluding carboxylic acids is 1. The van der Waals surface area contributed by atoms with Gasteiger partial charge in [0, 0.05) is 6.54 Å². The normalized spacial score (nSPS) is 14.3. The number of ether oxygens (including phenoxy) is 3. The summed E-state index contributed by atoms with van der Waals surface area (Å²) in [5.74, 6) is 1.20. The average Bonchev–Trinajstić information content (AvgIpc) is 2.84. The van der Waals surface area contributed by atoms with E-state index in [1.807, 2.05) is 6.07 Å². The lowest BCUT2D eigenvalue weighted by molar-refractivity contribution is -0.112. The van der Waals surface area contributed by atoms with Gasteiger partial charge < -0.3 is 19.5 Å². The Labute approximate surface area is 189 Å². The molecule has 1 aliphatic rings. The molecule has 7 heteroatoms. The molecule has 3 rings (SSSR count). The number of amides is 1. The number of para-hydroxylation sites is 2.